The number of benzene rings is 6. The highest BCUT2D eigenvalue weighted by atomic mass is 32.1. The van der Waals surface area contributed by atoms with Crippen molar-refractivity contribution in [1.82, 2.24) is 0 Å². The normalized spacial score (nSPS) is 13.1. The maximum absolute atomic E-state index is 2.63. The highest BCUT2D eigenvalue weighted by molar-refractivity contribution is 7.22. The largest absolute Gasteiger partial charge is 0.240 e. The molecule has 1 aliphatic heterocycles. The van der Waals surface area contributed by atoms with Gasteiger partial charge < -0.3 is 0 Å². The van der Waals surface area contributed by atoms with Crippen molar-refractivity contribution in [3.63, 3.8) is 0 Å². The fourth-order valence-corrected chi connectivity index (χ4v) is 14.0. The van der Waals surface area contributed by atoms with Crippen LogP contribution in [0.5, 0.6) is 0 Å². The Morgan fingerprint density at radius 3 is 0.827 bits per heavy atom. The summed E-state index contributed by atoms with van der Waals surface area (Å²) in [7, 11) is 0. The van der Waals surface area contributed by atoms with Crippen LogP contribution in [0.15, 0.2) is 94.3 Å². The molecule has 0 amide bonds. The highest BCUT2D eigenvalue weighted by Gasteiger charge is 2.42. The molecule has 11 rings (SSSR count). The van der Waals surface area contributed by atoms with E-state index in [1.54, 1.807) is 0 Å². The van der Waals surface area contributed by atoms with Gasteiger partial charge in [0.15, 0.2) is 0 Å². The summed E-state index contributed by atoms with van der Waals surface area (Å²) in [5.74, 6) is 0. The van der Waals surface area contributed by atoms with Crippen LogP contribution in [0.1, 0.15) is 33.4 Å². The fourth-order valence-electron chi connectivity index (χ4n) is 10.2. The number of fused-ring (bicyclic) bond motifs is 14. The molecule has 0 spiro atoms. The predicted octanol–water partition coefficient (Wildman–Crippen LogP) is 10.0. The van der Waals surface area contributed by atoms with E-state index in [0.29, 0.717) is 0 Å². The van der Waals surface area contributed by atoms with E-state index in [1.165, 1.54) is 128 Å². The Bertz CT molecular complexity index is 2750. The SMILES string of the molecule is Cc1cc(C)c(B2c3cc4c(cc3B(c3c(C)cc(C)cc3C)c3cc5c(cc32)c2sccc2c2ccsc25)c2sccc2c2ccsc24)c(C)c1. The summed E-state index contributed by atoms with van der Waals surface area (Å²) in [5, 5.41) is 20.3. The maximum Gasteiger partial charge on any atom is 0.240 e. The monoisotopic (exact) mass is 736 g/mol. The molecule has 0 radical (unpaired) electrons. The zero-order valence-corrected chi connectivity index (χ0v) is 33.3. The zero-order chi connectivity index (χ0) is 35.2. The predicted molar refractivity (Wildman–Crippen MR) is 240 cm³/mol. The molecule has 6 heteroatoms. The number of thiophene rings is 4. The van der Waals surface area contributed by atoms with Gasteiger partial charge in [0.25, 0.3) is 0 Å². The van der Waals surface area contributed by atoms with Crippen molar-refractivity contribution in [2.24, 2.45) is 0 Å². The van der Waals surface area contributed by atoms with Crippen LogP contribution >= 0.6 is 45.3 Å². The van der Waals surface area contributed by atoms with Crippen LogP contribution in [-0.4, -0.2) is 13.4 Å². The number of hydrogen-bond acceptors (Lipinski definition) is 4. The third-order valence-electron chi connectivity index (χ3n) is 12.0. The summed E-state index contributed by atoms with van der Waals surface area (Å²) >= 11 is 7.57. The first kappa shape index (κ1) is 31.3. The Morgan fingerprint density at radius 1 is 0.327 bits per heavy atom. The van der Waals surface area contributed by atoms with Crippen LogP contribution in [0.4, 0.5) is 0 Å². The second-order valence-electron chi connectivity index (χ2n) is 15.2. The molecule has 0 aliphatic carbocycles. The van der Waals surface area contributed by atoms with Gasteiger partial charge in [-0.3, -0.25) is 0 Å². The van der Waals surface area contributed by atoms with Gasteiger partial charge in [-0.2, -0.15) is 0 Å². The van der Waals surface area contributed by atoms with Crippen LogP contribution in [0.25, 0.3) is 61.9 Å². The van der Waals surface area contributed by atoms with E-state index < -0.39 is 0 Å². The van der Waals surface area contributed by atoms with Gasteiger partial charge in [0, 0.05) is 61.9 Å². The molecule has 5 heterocycles. The Balaban J connectivity index is 1.37. The summed E-state index contributed by atoms with van der Waals surface area (Å²) in [5.41, 5.74) is 16.9. The van der Waals surface area contributed by atoms with E-state index in [4.69, 9.17) is 0 Å². The molecule has 248 valence electrons. The third-order valence-corrected chi connectivity index (χ3v) is 15.8. The van der Waals surface area contributed by atoms with Gasteiger partial charge in [-0.1, -0.05) is 115 Å². The van der Waals surface area contributed by atoms with Crippen LogP contribution in [0, 0.1) is 41.5 Å². The Labute approximate surface area is 320 Å². The first-order valence-electron chi connectivity index (χ1n) is 18.1. The standard InChI is InChI=1S/C46H34B2S4/c1-23-15-25(3)41(26(4)16-23)47-37-19-33-35(45-31(9-13-51-45)29-7-11-49-43(29)33)21-39(37)48(42-27(5)17-24(2)18-28(42)6)40-22-36-34(20-38(40)47)44-30(8-12-50-44)32-10-14-52-46(32)36/h7-22H,1-6H3. The van der Waals surface area contributed by atoms with Crippen molar-refractivity contribution in [1.29, 1.82) is 0 Å². The van der Waals surface area contributed by atoms with Gasteiger partial charge in [-0.15, -0.1) is 45.3 Å². The van der Waals surface area contributed by atoms with Crippen molar-refractivity contribution in [2.45, 2.75) is 41.5 Å². The second-order valence-corrected chi connectivity index (χ2v) is 18.9. The van der Waals surface area contributed by atoms with Gasteiger partial charge in [0.2, 0.25) is 13.4 Å². The third kappa shape index (κ3) is 4.21. The summed E-state index contributed by atoms with van der Waals surface area (Å²) in [4.78, 5) is 0. The molecule has 10 aromatic rings. The highest BCUT2D eigenvalue weighted by Crippen LogP contribution is 2.42. The molecule has 0 nitrogen and oxygen atoms in total. The smallest absolute Gasteiger partial charge is 0.143 e. The lowest BCUT2D eigenvalue weighted by molar-refractivity contribution is 1.35. The molecule has 0 bridgehead atoms. The number of rotatable bonds is 2. The molecule has 0 fully saturated rings. The van der Waals surface area contributed by atoms with E-state index in [0.717, 1.165) is 0 Å². The summed E-state index contributed by atoms with van der Waals surface area (Å²) in [6, 6.07) is 29.5. The minimum Gasteiger partial charge on any atom is -0.143 e. The van der Waals surface area contributed by atoms with Gasteiger partial charge in [0.1, 0.15) is 0 Å². The van der Waals surface area contributed by atoms with E-state index in [1.807, 2.05) is 45.3 Å². The molecule has 0 saturated carbocycles. The minimum absolute atomic E-state index is 0.116. The van der Waals surface area contributed by atoms with Crippen molar-refractivity contribution in [3.8, 4) is 0 Å². The lowest BCUT2D eigenvalue weighted by atomic mass is 9.20. The van der Waals surface area contributed by atoms with Gasteiger partial charge in [-0.05, 0) is 87.3 Å². The first-order chi connectivity index (χ1) is 25.3. The van der Waals surface area contributed by atoms with E-state index in [9.17, 15) is 0 Å². The molecule has 0 saturated heterocycles. The fraction of sp³-hybridized carbons (Fsp3) is 0.130. The van der Waals surface area contributed by atoms with E-state index >= 15 is 0 Å². The molecule has 0 N–H and O–H groups in total. The second kappa shape index (κ2) is 11.2. The van der Waals surface area contributed by atoms with Crippen molar-refractivity contribution < 1.29 is 0 Å². The Morgan fingerprint density at radius 2 is 0.577 bits per heavy atom. The summed E-state index contributed by atoms with van der Waals surface area (Å²) < 4.78 is 5.62. The Kier molecular flexibility index (Phi) is 6.73. The lowest BCUT2D eigenvalue weighted by Crippen LogP contribution is -2.75. The van der Waals surface area contributed by atoms with Crippen LogP contribution < -0.4 is 32.8 Å². The molecule has 0 atom stereocenters. The topological polar surface area (TPSA) is 0 Å². The first-order valence-corrected chi connectivity index (χ1v) is 21.6. The number of aryl methyl sites for hydroxylation is 6. The molecular formula is C46H34B2S4. The van der Waals surface area contributed by atoms with Crippen LogP contribution in [0.2, 0.25) is 0 Å². The van der Waals surface area contributed by atoms with Crippen molar-refractivity contribution in [3.05, 3.63) is 128 Å². The van der Waals surface area contributed by atoms with Crippen LogP contribution in [0.3, 0.4) is 0 Å². The molecule has 52 heavy (non-hydrogen) atoms. The van der Waals surface area contributed by atoms with Gasteiger partial charge >= 0.3 is 0 Å². The van der Waals surface area contributed by atoms with Gasteiger partial charge in [-0.25, -0.2) is 0 Å². The van der Waals surface area contributed by atoms with Crippen LogP contribution in [-0.2, 0) is 0 Å². The molecule has 4 aromatic heterocycles. The maximum atomic E-state index is 2.63. The summed E-state index contributed by atoms with van der Waals surface area (Å²) in [6.07, 6.45) is 0. The van der Waals surface area contributed by atoms with Crippen molar-refractivity contribution >= 4 is 153 Å². The van der Waals surface area contributed by atoms with Gasteiger partial charge in [0.05, 0.1) is 0 Å². The molecular weight excluding hydrogens is 702 g/mol. The minimum atomic E-state index is 0.116. The lowest BCUT2D eigenvalue weighted by Gasteiger charge is -2.35. The average Bonchev–Trinajstić information content (AvgIpc) is 3.93. The average molecular weight is 737 g/mol. The quantitative estimate of drug-likeness (QED) is 0.155. The zero-order valence-electron chi connectivity index (χ0n) is 30.0. The van der Waals surface area contributed by atoms with E-state index in [-0.39, 0.29) is 13.4 Å². The summed E-state index contributed by atoms with van der Waals surface area (Å²) in [6.45, 7) is 14.1. The Hall–Kier alpha value is -4.19. The molecule has 0 unspecified atom stereocenters. The number of hydrogen-bond donors (Lipinski definition) is 0. The molecule has 1 aliphatic rings. The van der Waals surface area contributed by atoms with Crippen molar-refractivity contribution in [2.75, 3.05) is 0 Å². The molecule has 6 aromatic carbocycles. The van der Waals surface area contributed by atoms with E-state index in [2.05, 4.69) is 136 Å².